The molecule has 1 saturated heterocycles. The number of carbonyl (C=O) groups excluding carboxylic acids is 1. The smallest absolute Gasteiger partial charge is 0.274 e. The van der Waals surface area contributed by atoms with E-state index in [1.165, 1.54) is 6.07 Å². The molecule has 2 aromatic carbocycles. The predicted octanol–water partition coefficient (Wildman–Crippen LogP) is 3.71. The van der Waals surface area contributed by atoms with Crippen LogP contribution in [0.3, 0.4) is 0 Å². The standard InChI is InChI=1S/C19H20N2O5/c1-13-17(5-2-6-18(13)21(23)24)20-19(22)14-7-9-15(10-8-14)26-12-16-4-3-11-25-16/h2,5-10,16H,3-4,11-12H2,1H3,(H,20,22). The fourth-order valence-corrected chi connectivity index (χ4v) is 2.82. The first-order chi connectivity index (χ1) is 12.5. The molecule has 1 unspecified atom stereocenters. The van der Waals surface area contributed by atoms with Gasteiger partial charge in [0.15, 0.2) is 0 Å². The van der Waals surface area contributed by atoms with Crippen molar-refractivity contribution in [2.45, 2.75) is 25.9 Å². The second-order valence-electron chi connectivity index (χ2n) is 6.13. The normalized spacial score (nSPS) is 16.3. The lowest BCUT2D eigenvalue weighted by atomic mass is 10.1. The van der Waals surface area contributed by atoms with E-state index in [1.807, 2.05) is 0 Å². The highest BCUT2D eigenvalue weighted by atomic mass is 16.6. The van der Waals surface area contributed by atoms with Crippen molar-refractivity contribution in [1.29, 1.82) is 0 Å². The molecule has 0 bridgehead atoms. The van der Waals surface area contributed by atoms with E-state index in [9.17, 15) is 14.9 Å². The molecule has 7 heteroatoms. The second kappa shape index (κ2) is 7.97. The summed E-state index contributed by atoms with van der Waals surface area (Å²) in [5.74, 6) is 0.336. The van der Waals surface area contributed by atoms with Crippen LogP contribution in [0, 0.1) is 17.0 Å². The number of nitro benzene ring substituents is 1. The maximum absolute atomic E-state index is 12.4. The number of benzene rings is 2. The van der Waals surface area contributed by atoms with Gasteiger partial charge >= 0.3 is 0 Å². The van der Waals surface area contributed by atoms with Crippen molar-refractivity contribution in [3.8, 4) is 5.75 Å². The van der Waals surface area contributed by atoms with Gasteiger partial charge in [-0.1, -0.05) is 6.07 Å². The molecule has 1 aliphatic rings. The number of nitrogens with one attached hydrogen (secondary N) is 1. The topological polar surface area (TPSA) is 90.7 Å². The first-order valence-electron chi connectivity index (χ1n) is 8.44. The molecule has 26 heavy (non-hydrogen) atoms. The van der Waals surface area contributed by atoms with E-state index in [1.54, 1.807) is 43.3 Å². The van der Waals surface area contributed by atoms with E-state index in [0.717, 1.165) is 19.4 Å². The highest BCUT2D eigenvalue weighted by molar-refractivity contribution is 6.04. The highest BCUT2D eigenvalue weighted by Gasteiger charge is 2.17. The van der Waals surface area contributed by atoms with Gasteiger partial charge in [0, 0.05) is 18.2 Å². The fourth-order valence-electron chi connectivity index (χ4n) is 2.82. The molecular formula is C19H20N2O5. The largest absolute Gasteiger partial charge is 0.491 e. The van der Waals surface area contributed by atoms with Crippen molar-refractivity contribution in [3.05, 3.63) is 63.7 Å². The van der Waals surface area contributed by atoms with Crippen molar-refractivity contribution >= 4 is 17.3 Å². The number of hydrogen-bond acceptors (Lipinski definition) is 5. The molecule has 0 radical (unpaired) electrons. The maximum atomic E-state index is 12.4. The molecule has 0 aliphatic carbocycles. The van der Waals surface area contributed by atoms with Gasteiger partial charge in [0.25, 0.3) is 11.6 Å². The van der Waals surface area contributed by atoms with Crippen LogP contribution in [0.1, 0.15) is 28.8 Å². The molecule has 1 fully saturated rings. The van der Waals surface area contributed by atoms with E-state index in [4.69, 9.17) is 9.47 Å². The monoisotopic (exact) mass is 356 g/mol. The Kier molecular flexibility index (Phi) is 5.48. The summed E-state index contributed by atoms with van der Waals surface area (Å²) in [4.78, 5) is 22.9. The summed E-state index contributed by atoms with van der Waals surface area (Å²) in [6.07, 6.45) is 2.20. The summed E-state index contributed by atoms with van der Waals surface area (Å²) >= 11 is 0. The Hall–Kier alpha value is -2.93. The summed E-state index contributed by atoms with van der Waals surface area (Å²) in [5.41, 5.74) is 1.26. The summed E-state index contributed by atoms with van der Waals surface area (Å²) in [6, 6.07) is 11.4. The Morgan fingerprint density at radius 2 is 2.08 bits per heavy atom. The van der Waals surface area contributed by atoms with Gasteiger partial charge in [-0.2, -0.15) is 0 Å². The third-order valence-corrected chi connectivity index (χ3v) is 4.33. The molecule has 2 aromatic rings. The van der Waals surface area contributed by atoms with Crippen molar-refractivity contribution in [3.63, 3.8) is 0 Å². The minimum atomic E-state index is -0.467. The van der Waals surface area contributed by atoms with E-state index in [0.29, 0.717) is 29.2 Å². The Bertz CT molecular complexity index is 798. The van der Waals surface area contributed by atoms with Crippen molar-refractivity contribution in [2.75, 3.05) is 18.5 Å². The SMILES string of the molecule is Cc1c(NC(=O)c2ccc(OCC3CCCO3)cc2)cccc1[N+](=O)[O-]. The van der Waals surface area contributed by atoms with Crippen LogP contribution >= 0.6 is 0 Å². The maximum Gasteiger partial charge on any atom is 0.274 e. The van der Waals surface area contributed by atoms with Crippen LogP contribution in [0.25, 0.3) is 0 Å². The Morgan fingerprint density at radius 1 is 1.31 bits per heavy atom. The summed E-state index contributed by atoms with van der Waals surface area (Å²) < 4.78 is 11.2. The number of nitro groups is 1. The molecule has 136 valence electrons. The Balaban J connectivity index is 1.63. The number of rotatable bonds is 6. The fraction of sp³-hybridized carbons (Fsp3) is 0.316. The minimum absolute atomic E-state index is 0.0271. The molecule has 0 aromatic heterocycles. The average Bonchev–Trinajstić information content (AvgIpc) is 3.15. The summed E-state index contributed by atoms with van der Waals surface area (Å²) in [6.45, 7) is 2.89. The number of hydrogen-bond donors (Lipinski definition) is 1. The molecule has 3 rings (SSSR count). The molecule has 1 heterocycles. The minimum Gasteiger partial charge on any atom is -0.491 e. The van der Waals surface area contributed by atoms with Gasteiger partial charge in [0.05, 0.1) is 22.3 Å². The van der Waals surface area contributed by atoms with E-state index in [-0.39, 0.29) is 17.7 Å². The number of nitrogens with zero attached hydrogens (tertiary/aromatic N) is 1. The van der Waals surface area contributed by atoms with E-state index in [2.05, 4.69) is 5.32 Å². The molecule has 0 saturated carbocycles. The first kappa shape index (κ1) is 17.9. The van der Waals surface area contributed by atoms with Gasteiger partial charge in [0.2, 0.25) is 0 Å². The van der Waals surface area contributed by atoms with Crippen LogP contribution in [0.5, 0.6) is 5.75 Å². The van der Waals surface area contributed by atoms with Gasteiger partial charge in [-0.15, -0.1) is 0 Å². The highest BCUT2D eigenvalue weighted by Crippen LogP contribution is 2.25. The number of amides is 1. The molecule has 1 aliphatic heterocycles. The molecule has 1 amide bonds. The average molecular weight is 356 g/mol. The third kappa shape index (κ3) is 4.18. The molecule has 1 atom stereocenters. The van der Waals surface area contributed by atoms with E-state index < -0.39 is 4.92 Å². The van der Waals surface area contributed by atoms with Crippen LogP contribution in [0.4, 0.5) is 11.4 Å². The zero-order chi connectivity index (χ0) is 18.5. The number of ether oxygens (including phenoxy) is 2. The molecule has 1 N–H and O–H groups in total. The first-order valence-corrected chi connectivity index (χ1v) is 8.44. The zero-order valence-corrected chi connectivity index (χ0v) is 14.4. The van der Waals surface area contributed by atoms with Crippen LogP contribution in [0.2, 0.25) is 0 Å². The molecule has 0 spiro atoms. The third-order valence-electron chi connectivity index (χ3n) is 4.33. The van der Waals surface area contributed by atoms with Crippen molar-refractivity contribution in [1.82, 2.24) is 0 Å². The lowest BCUT2D eigenvalue weighted by Crippen LogP contribution is -2.16. The van der Waals surface area contributed by atoms with Crippen LogP contribution in [-0.2, 0) is 4.74 Å². The predicted molar refractivity (Wildman–Crippen MR) is 96.7 cm³/mol. The van der Waals surface area contributed by atoms with Gasteiger partial charge in [-0.05, 0) is 50.1 Å². The van der Waals surface area contributed by atoms with Crippen LogP contribution < -0.4 is 10.1 Å². The van der Waals surface area contributed by atoms with Gasteiger partial charge in [-0.3, -0.25) is 14.9 Å². The lowest BCUT2D eigenvalue weighted by molar-refractivity contribution is -0.385. The summed E-state index contributed by atoms with van der Waals surface area (Å²) in [5, 5.41) is 13.7. The van der Waals surface area contributed by atoms with Crippen molar-refractivity contribution in [2.24, 2.45) is 0 Å². The van der Waals surface area contributed by atoms with Gasteiger partial charge in [0.1, 0.15) is 12.4 Å². The Morgan fingerprint density at radius 3 is 2.73 bits per heavy atom. The number of carbonyl (C=O) groups is 1. The quantitative estimate of drug-likeness (QED) is 0.629. The van der Waals surface area contributed by atoms with Crippen molar-refractivity contribution < 1.29 is 19.2 Å². The zero-order valence-electron chi connectivity index (χ0n) is 14.4. The van der Waals surface area contributed by atoms with Crippen LogP contribution in [0.15, 0.2) is 42.5 Å². The molecular weight excluding hydrogens is 336 g/mol. The lowest BCUT2D eigenvalue weighted by Gasteiger charge is -2.12. The van der Waals surface area contributed by atoms with Gasteiger partial charge < -0.3 is 14.8 Å². The van der Waals surface area contributed by atoms with Gasteiger partial charge in [-0.25, -0.2) is 0 Å². The summed E-state index contributed by atoms with van der Waals surface area (Å²) in [7, 11) is 0. The Labute approximate surface area is 151 Å². The van der Waals surface area contributed by atoms with Crippen LogP contribution in [-0.4, -0.2) is 30.1 Å². The molecule has 7 nitrogen and oxygen atoms in total. The second-order valence-corrected chi connectivity index (χ2v) is 6.13. The number of anilines is 1. The van der Waals surface area contributed by atoms with E-state index >= 15 is 0 Å².